The smallest absolute Gasteiger partial charge is 0.354 e. The molecule has 2 heterocycles. The molecule has 1 saturated heterocycles. The Bertz CT molecular complexity index is 746. The van der Waals surface area contributed by atoms with Crippen LogP contribution in [0.15, 0.2) is 48.7 Å². The average Bonchev–Trinajstić information content (AvgIpc) is 2.67. The van der Waals surface area contributed by atoms with Gasteiger partial charge in [0.2, 0.25) is 0 Å². The van der Waals surface area contributed by atoms with E-state index >= 15 is 0 Å². The van der Waals surface area contributed by atoms with Gasteiger partial charge in [-0.25, -0.2) is 9.78 Å². The molecule has 1 atom stereocenters. The minimum absolute atomic E-state index is 0.0579. The molecule has 1 aromatic heterocycles. The first-order valence-corrected chi connectivity index (χ1v) is 8.40. The summed E-state index contributed by atoms with van der Waals surface area (Å²) in [6.45, 7) is 4.26. The molecule has 0 spiro atoms. The lowest BCUT2D eigenvalue weighted by Crippen LogP contribution is -2.55. The predicted molar refractivity (Wildman–Crippen MR) is 95.0 cm³/mol. The molecular formula is C19H21N3O3. The molecule has 1 fully saturated rings. The summed E-state index contributed by atoms with van der Waals surface area (Å²) in [6, 6.07) is 13.2. The molecule has 1 aliphatic heterocycles. The number of rotatable bonds is 4. The number of benzene rings is 1. The average molecular weight is 339 g/mol. The van der Waals surface area contributed by atoms with Gasteiger partial charge in [0.25, 0.3) is 5.91 Å². The summed E-state index contributed by atoms with van der Waals surface area (Å²) in [7, 11) is 0. The molecule has 1 aliphatic rings. The maximum Gasteiger partial charge on any atom is 0.354 e. The number of aromatic nitrogens is 1. The summed E-state index contributed by atoms with van der Waals surface area (Å²) in [5, 5.41) is 8.92. The summed E-state index contributed by atoms with van der Waals surface area (Å²) in [5.74, 6) is -1.19. The zero-order chi connectivity index (χ0) is 17.8. The Morgan fingerprint density at radius 1 is 1.16 bits per heavy atom. The fourth-order valence-corrected chi connectivity index (χ4v) is 3.16. The summed E-state index contributed by atoms with van der Waals surface area (Å²) >= 11 is 0. The van der Waals surface area contributed by atoms with E-state index in [2.05, 4.69) is 28.9 Å². The molecule has 1 unspecified atom stereocenters. The number of piperazine rings is 1. The van der Waals surface area contributed by atoms with Gasteiger partial charge in [-0.2, -0.15) is 0 Å². The van der Waals surface area contributed by atoms with Crippen LogP contribution in [0.3, 0.4) is 0 Å². The summed E-state index contributed by atoms with van der Waals surface area (Å²) < 4.78 is 0. The number of hydrogen-bond acceptors (Lipinski definition) is 4. The molecule has 1 aromatic carbocycles. The Labute approximate surface area is 146 Å². The van der Waals surface area contributed by atoms with Gasteiger partial charge in [0, 0.05) is 37.6 Å². The quantitative estimate of drug-likeness (QED) is 0.926. The van der Waals surface area contributed by atoms with Gasteiger partial charge >= 0.3 is 5.97 Å². The number of carboxylic acid groups (broad SMARTS) is 1. The monoisotopic (exact) mass is 339 g/mol. The number of carbonyl (C=O) groups is 2. The SMILES string of the molecule is CCC1CN(c2ccccc2)CCN1C(=O)c1ccc(C(=O)O)nc1. The molecule has 0 saturated carbocycles. The minimum Gasteiger partial charge on any atom is -0.477 e. The third-order valence-electron chi connectivity index (χ3n) is 4.57. The van der Waals surface area contributed by atoms with Crippen molar-refractivity contribution < 1.29 is 14.7 Å². The zero-order valence-corrected chi connectivity index (χ0v) is 14.1. The molecule has 0 aliphatic carbocycles. The first kappa shape index (κ1) is 17.0. The van der Waals surface area contributed by atoms with Crippen LogP contribution in [0.5, 0.6) is 0 Å². The molecule has 6 heteroatoms. The number of hydrogen-bond donors (Lipinski definition) is 1. The number of carbonyl (C=O) groups excluding carboxylic acids is 1. The second-order valence-electron chi connectivity index (χ2n) is 6.08. The summed E-state index contributed by atoms with van der Waals surface area (Å²) in [4.78, 5) is 31.7. The van der Waals surface area contributed by atoms with Crippen molar-refractivity contribution in [2.45, 2.75) is 19.4 Å². The topological polar surface area (TPSA) is 73.7 Å². The van der Waals surface area contributed by atoms with E-state index < -0.39 is 5.97 Å². The van der Waals surface area contributed by atoms with Gasteiger partial charge in [-0.05, 0) is 30.7 Å². The maximum absolute atomic E-state index is 12.8. The van der Waals surface area contributed by atoms with Crippen molar-refractivity contribution in [2.24, 2.45) is 0 Å². The number of para-hydroxylation sites is 1. The fraction of sp³-hybridized carbons (Fsp3) is 0.316. The van der Waals surface area contributed by atoms with Crippen molar-refractivity contribution in [2.75, 3.05) is 24.5 Å². The van der Waals surface area contributed by atoms with Crippen LogP contribution in [0.4, 0.5) is 5.69 Å². The van der Waals surface area contributed by atoms with E-state index in [0.717, 1.165) is 19.5 Å². The van der Waals surface area contributed by atoms with E-state index in [4.69, 9.17) is 5.11 Å². The van der Waals surface area contributed by atoms with Gasteiger partial charge in [-0.1, -0.05) is 25.1 Å². The van der Waals surface area contributed by atoms with Gasteiger partial charge in [-0.3, -0.25) is 4.79 Å². The van der Waals surface area contributed by atoms with Gasteiger partial charge in [0.15, 0.2) is 0 Å². The number of amides is 1. The fourth-order valence-electron chi connectivity index (χ4n) is 3.16. The Hall–Kier alpha value is -2.89. The highest BCUT2D eigenvalue weighted by atomic mass is 16.4. The third-order valence-corrected chi connectivity index (χ3v) is 4.57. The Morgan fingerprint density at radius 3 is 2.52 bits per heavy atom. The highest BCUT2D eigenvalue weighted by Crippen LogP contribution is 2.21. The van der Waals surface area contributed by atoms with E-state index in [0.29, 0.717) is 12.1 Å². The molecule has 130 valence electrons. The van der Waals surface area contributed by atoms with Crippen molar-refractivity contribution in [3.63, 3.8) is 0 Å². The lowest BCUT2D eigenvalue weighted by molar-refractivity contribution is 0.0646. The van der Waals surface area contributed by atoms with Crippen LogP contribution in [0.1, 0.15) is 34.2 Å². The van der Waals surface area contributed by atoms with E-state index in [9.17, 15) is 9.59 Å². The third kappa shape index (κ3) is 3.63. The van der Waals surface area contributed by atoms with Crippen molar-refractivity contribution >= 4 is 17.6 Å². The first-order chi connectivity index (χ1) is 12.1. The van der Waals surface area contributed by atoms with Crippen LogP contribution in [0.25, 0.3) is 0 Å². The van der Waals surface area contributed by atoms with Crippen LogP contribution in [0.2, 0.25) is 0 Å². The van der Waals surface area contributed by atoms with Crippen LogP contribution >= 0.6 is 0 Å². The van der Waals surface area contributed by atoms with Crippen LogP contribution < -0.4 is 4.90 Å². The molecular weight excluding hydrogens is 318 g/mol. The second-order valence-corrected chi connectivity index (χ2v) is 6.08. The largest absolute Gasteiger partial charge is 0.477 e. The van der Waals surface area contributed by atoms with E-state index in [1.165, 1.54) is 24.0 Å². The molecule has 0 radical (unpaired) electrons. The van der Waals surface area contributed by atoms with Crippen LogP contribution in [-0.4, -0.2) is 52.5 Å². The van der Waals surface area contributed by atoms with Crippen molar-refractivity contribution in [3.8, 4) is 0 Å². The second kappa shape index (κ2) is 7.34. The number of pyridine rings is 1. The predicted octanol–water partition coefficient (Wildman–Crippen LogP) is 2.52. The van der Waals surface area contributed by atoms with Crippen LogP contribution in [-0.2, 0) is 0 Å². The number of anilines is 1. The van der Waals surface area contributed by atoms with Crippen LogP contribution in [0, 0.1) is 0 Å². The first-order valence-electron chi connectivity index (χ1n) is 8.40. The lowest BCUT2D eigenvalue weighted by atomic mass is 10.1. The van der Waals surface area contributed by atoms with Crippen molar-refractivity contribution in [3.05, 3.63) is 59.9 Å². The molecule has 1 amide bonds. The van der Waals surface area contributed by atoms with Gasteiger partial charge in [0.1, 0.15) is 5.69 Å². The normalized spacial score (nSPS) is 17.4. The Morgan fingerprint density at radius 2 is 1.92 bits per heavy atom. The zero-order valence-electron chi connectivity index (χ0n) is 14.1. The molecule has 1 N–H and O–H groups in total. The highest BCUT2D eigenvalue weighted by molar-refractivity contribution is 5.95. The van der Waals surface area contributed by atoms with Crippen molar-refractivity contribution in [1.82, 2.24) is 9.88 Å². The van der Waals surface area contributed by atoms with Gasteiger partial charge in [0.05, 0.1) is 5.56 Å². The maximum atomic E-state index is 12.8. The Kier molecular flexibility index (Phi) is 4.97. The highest BCUT2D eigenvalue weighted by Gasteiger charge is 2.30. The van der Waals surface area contributed by atoms with E-state index in [-0.39, 0.29) is 17.6 Å². The molecule has 2 aromatic rings. The van der Waals surface area contributed by atoms with Crippen molar-refractivity contribution in [1.29, 1.82) is 0 Å². The van der Waals surface area contributed by atoms with E-state index in [1.54, 1.807) is 0 Å². The van der Waals surface area contributed by atoms with E-state index in [1.807, 2.05) is 23.1 Å². The number of aromatic carboxylic acids is 1. The molecule has 6 nitrogen and oxygen atoms in total. The number of nitrogens with zero attached hydrogens (tertiary/aromatic N) is 3. The minimum atomic E-state index is -1.10. The van der Waals surface area contributed by atoms with Gasteiger partial charge < -0.3 is 14.9 Å². The number of carboxylic acids is 1. The standard InChI is InChI=1S/C19H21N3O3/c1-2-15-13-21(16-6-4-3-5-7-16)10-11-22(15)18(23)14-8-9-17(19(24)25)20-12-14/h3-9,12,15H,2,10-11,13H2,1H3,(H,24,25). The Balaban J connectivity index is 1.74. The lowest BCUT2D eigenvalue weighted by Gasteiger charge is -2.42. The molecule has 0 bridgehead atoms. The summed E-state index contributed by atoms with van der Waals surface area (Å²) in [6.07, 6.45) is 2.21. The molecule has 25 heavy (non-hydrogen) atoms. The summed E-state index contributed by atoms with van der Waals surface area (Å²) in [5.41, 5.74) is 1.54. The van der Waals surface area contributed by atoms with Gasteiger partial charge in [-0.15, -0.1) is 0 Å². The molecule has 3 rings (SSSR count).